The summed E-state index contributed by atoms with van der Waals surface area (Å²) in [5.41, 5.74) is 0. The molecule has 0 saturated carbocycles. The molecule has 5 N–H and O–H groups in total. The van der Waals surface area contributed by atoms with E-state index < -0.39 is 0 Å². The molecule has 5 heteroatoms. The Morgan fingerprint density at radius 1 is 0.769 bits per heavy atom. The highest BCUT2D eigenvalue weighted by Gasteiger charge is 2.17. The molecule has 2 fully saturated rings. The second-order valence-electron chi connectivity index (χ2n) is 3.59. The number of nitrogens with one attached hydrogen (secondary N) is 5. The molecule has 13 heavy (non-hydrogen) atoms. The number of hydrogen-bond acceptors (Lipinski definition) is 5. The van der Waals surface area contributed by atoms with E-state index in [0.29, 0.717) is 12.3 Å². The predicted octanol–water partition coefficient (Wildman–Crippen LogP) is -2.39. The van der Waals surface area contributed by atoms with Gasteiger partial charge in [0.15, 0.2) is 0 Å². The van der Waals surface area contributed by atoms with Gasteiger partial charge in [0.05, 0.1) is 12.3 Å². The van der Waals surface area contributed by atoms with Crippen LogP contribution in [0.25, 0.3) is 0 Å². The third-order valence-corrected chi connectivity index (χ3v) is 2.48. The molecule has 2 saturated heterocycles. The molecule has 0 bridgehead atoms. The van der Waals surface area contributed by atoms with Crippen LogP contribution in [-0.4, -0.2) is 51.6 Å². The third kappa shape index (κ3) is 2.89. The summed E-state index contributed by atoms with van der Waals surface area (Å²) in [4.78, 5) is 0. The fourth-order valence-corrected chi connectivity index (χ4v) is 1.79. The van der Waals surface area contributed by atoms with E-state index in [-0.39, 0.29) is 0 Å². The first kappa shape index (κ1) is 9.36. The van der Waals surface area contributed by atoms with E-state index in [2.05, 4.69) is 26.6 Å². The van der Waals surface area contributed by atoms with E-state index >= 15 is 0 Å². The van der Waals surface area contributed by atoms with Crippen LogP contribution < -0.4 is 26.6 Å². The van der Waals surface area contributed by atoms with Gasteiger partial charge in [0.25, 0.3) is 0 Å². The Hall–Kier alpha value is -0.200. The van der Waals surface area contributed by atoms with Crippen molar-refractivity contribution < 1.29 is 0 Å². The van der Waals surface area contributed by atoms with Gasteiger partial charge >= 0.3 is 0 Å². The lowest BCUT2D eigenvalue weighted by Gasteiger charge is -2.32. The second-order valence-corrected chi connectivity index (χ2v) is 3.59. The highest BCUT2D eigenvalue weighted by Crippen LogP contribution is 1.87. The maximum absolute atomic E-state index is 3.51. The highest BCUT2D eigenvalue weighted by molar-refractivity contribution is 4.80. The summed E-state index contributed by atoms with van der Waals surface area (Å²) in [7, 11) is 0. The van der Waals surface area contributed by atoms with Gasteiger partial charge in [0.2, 0.25) is 0 Å². The van der Waals surface area contributed by atoms with Crippen molar-refractivity contribution in [3.63, 3.8) is 0 Å². The lowest BCUT2D eigenvalue weighted by atomic mass is 10.3. The Morgan fingerprint density at radius 2 is 1.31 bits per heavy atom. The molecule has 0 aliphatic carbocycles. The molecular weight excluding hydrogens is 166 g/mol. The minimum absolute atomic E-state index is 0.408. The van der Waals surface area contributed by atoms with Gasteiger partial charge in [-0.1, -0.05) is 0 Å². The van der Waals surface area contributed by atoms with Crippen LogP contribution in [0.2, 0.25) is 0 Å². The Morgan fingerprint density at radius 3 is 1.69 bits per heavy atom. The average molecular weight is 185 g/mol. The van der Waals surface area contributed by atoms with Gasteiger partial charge < -0.3 is 10.6 Å². The van der Waals surface area contributed by atoms with Crippen LogP contribution in [0.15, 0.2) is 0 Å². The smallest absolute Gasteiger partial charge is 0.0713 e. The molecule has 2 heterocycles. The molecule has 2 aliphatic heterocycles. The minimum Gasteiger partial charge on any atom is -0.313 e. The van der Waals surface area contributed by atoms with Gasteiger partial charge in [-0.25, -0.2) is 0 Å². The van der Waals surface area contributed by atoms with Gasteiger partial charge in [0, 0.05) is 39.3 Å². The van der Waals surface area contributed by atoms with Gasteiger partial charge in [-0.05, 0) is 0 Å². The first-order valence-corrected chi connectivity index (χ1v) is 5.09. The first-order chi connectivity index (χ1) is 6.45. The van der Waals surface area contributed by atoms with Crippen LogP contribution in [0.1, 0.15) is 0 Å². The van der Waals surface area contributed by atoms with Crippen molar-refractivity contribution in [1.29, 1.82) is 0 Å². The Bertz CT molecular complexity index is 123. The largest absolute Gasteiger partial charge is 0.313 e. The molecule has 0 radical (unpaired) electrons. The Kier molecular flexibility index (Phi) is 3.51. The standard InChI is InChI=1S/C8H19N5/c1-3-11-7(5-9-1)13-8-6-10-2-4-12-8/h7-13H,1-6H2. The SMILES string of the molecule is C1CNC(NC2CNCCN2)CN1. The van der Waals surface area contributed by atoms with Gasteiger partial charge in [0.1, 0.15) is 0 Å². The van der Waals surface area contributed by atoms with Crippen molar-refractivity contribution in [3.05, 3.63) is 0 Å². The summed E-state index contributed by atoms with van der Waals surface area (Å²) in [5.74, 6) is 0. The van der Waals surface area contributed by atoms with E-state index in [1.807, 2.05) is 0 Å². The van der Waals surface area contributed by atoms with Gasteiger partial charge in [-0.15, -0.1) is 0 Å². The molecule has 5 nitrogen and oxygen atoms in total. The van der Waals surface area contributed by atoms with E-state index in [1.165, 1.54) is 0 Å². The Balaban J connectivity index is 1.69. The van der Waals surface area contributed by atoms with E-state index in [4.69, 9.17) is 0 Å². The zero-order valence-corrected chi connectivity index (χ0v) is 7.90. The molecule has 2 rings (SSSR count). The molecular formula is C8H19N5. The van der Waals surface area contributed by atoms with Crippen molar-refractivity contribution in [1.82, 2.24) is 26.6 Å². The van der Waals surface area contributed by atoms with Crippen molar-refractivity contribution in [2.75, 3.05) is 39.3 Å². The zero-order valence-electron chi connectivity index (χ0n) is 7.90. The summed E-state index contributed by atoms with van der Waals surface area (Å²) in [6.45, 7) is 6.29. The van der Waals surface area contributed by atoms with Crippen LogP contribution in [-0.2, 0) is 0 Å². The van der Waals surface area contributed by atoms with Crippen molar-refractivity contribution in [2.24, 2.45) is 0 Å². The maximum Gasteiger partial charge on any atom is 0.0713 e. The van der Waals surface area contributed by atoms with Crippen LogP contribution >= 0.6 is 0 Å². The van der Waals surface area contributed by atoms with Crippen LogP contribution in [0.3, 0.4) is 0 Å². The fourth-order valence-electron chi connectivity index (χ4n) is 1.79. The molecule has 2 atom stereocenters. The lowest BCUT2D eigenvalue weighted by Crippen LogP contribution is -2.64. The van der Waals surface area contributed by atoms with Crippen molar-refractivity contribution in [2.45, 2.75) is 12.3 Å². The molecule has 2 unspecified atom stereocenters. The maximum atomic E-state index is 3.51. The van der Waals surface area contributed by atoms with E-state index in [9.17, 15) is 0 Å². The molecule has 76 valence electrons. The third-order valence-electron chi connectivity index (χ3n) is 2.48. The van der Waals surface area contributed by atoms with Crippen molar-refractivity contribution >= 4 is 0 Å². The first-order valence-electron chi connectivity index (χ1n) is 5.09. The molecule has 2 aliphatic rings. The van der Waals surface area contributed by atoms with Crippen LogP contribution in [0, 0.1) is 0 Å². The fraction of sp³-hybridized carbons (Fsp3) is 1.00. The number of rotatable bonds is 2. The summed E-state index contributed by atoms with van der Waals surface area (Å²) in [6, 6.07) is 0. The monoisotopic (exact) mass is 185 g/mol. The molecule has 0 aromatic rings. The Labute approximate surface area is 79.0 Å². The van der Waals surface area contributed by atoms with E-state index in [1.54, 1.807) is 0 Å². The zero-order chi connectivity index (χ0) is 8.93. The van der Waals surface area contributed by atoms with Crippen LogP contribution in [0.4, 0.5) is 0 Å². The molecule has 0 aromatic heterocycles. The molecule has 0 spiro atoms. The van der Waals surface area contributed by atoms with Gasteiger partial charge in [-0.3, -0.25) is 16.0 Å². The highest BCUT2D eigenvalue weighted by atomic mass is 15.3. The summed E-state index contributed by atoms with van der Waals surface area (Å²) >= 11 is 0. The van der Waals surface area contributed by atoms with Crippen molar-refractivity contribution in [3.8, 4) is 0 Å². The predicted molar refractivity (Wildman–Crippen MR) is 52.5 cm³/mol. The average Bonchev–Trinajstić information content (AvgIpc) is 2.21. The van der Waals surface area contributed by atoms with Crippen LogP contribution in [0.5, 0.6) is 0 Å². The second kappa shape index (κ2) is 4.88. The summed E-state index contributed by atoms with van der Waals surface area (Å²) in [5, 5.41) is 17.1. The van der Waals surface area contributed by atoms with E-state index in [0.717, 1.165) is 39.3 Å². The lowest BCUT2D eigenvalue weighted by molar-refractivity contribution is 0.275. The number of piperazine rings is 2. The molecule has 0 aromatic carbocycles. The summed E-state index contributed by atoms with van der Waals surface area (Å²) in [6.07, 6.45) is 0.817. The minimum atomic E-state index is 0.408. The number of hydrogen-bond donors (Lipinski definition) is 5. The normalized spacial score (nSPS) is 36.0. The topological polar surface area (TPSA) is 60.1 Å². The molecule has 0 amide bonds. The van der Waals surface area contributed by atoms with Gasteiger partial charge in [-0.2, -0.15) is 0 Å². The summed E-state index contributed by atoms with van der Waals surface area (Å²) < 4.78 is 0. The quantitative estimate of drug-likeness (QED) is 0.332.